The molecule has 0 rings (SSSR count). The third kappa shape index (κ3) is 4.68. The van der Waals surface area contributed by atoms with E-state index in [0.29, 0.717) is 5.57 Å². The Morgan fingerprint density at radius 1 is 1.58 bits per heavy atom. The molecule has 1 unspecified atom stereocenters. The van der Waals surface area contributed by atoms with E-state index in [-0.39, 0.29) is 5.97 Å². The Kier molecular flexibility index (Phi) is 5.04. The summed E-state index contributed by atoms with van der Waals surface area (Å²) in [7, 11) is 1.33. The lowest BCUT2D eigenvalue weighted by Gasteiger charge is -1.95. The first-order chi connectivity index (χ1) is 5.57. The maximum absolute atomic E-state index is 10.8. The number of allylic oxidation sites excluding steroid dienone is 2. The van der Waals surface area contributed by atoms with Crippen molar-refractivity contribution in [3.63, 3.8) is 0 Å². The molecule has 0 aliphatic rings. The van der Waals surface area contributed by atoms with E-state index in [4.69, 9.17) is 5.11 Å². The first-order valence-electron chi connectivity index (χ1n) is 3.69. The third-order valence-electron chi connectivity index (χ3n) is 1.24. The number of methoxy groups -OCH3 is 1. The zero-order valence-corrected chi connectivity index (χ0v) is 7.57. The molecule has 3 nitrogen and oxygen atoms in total. The molecule has 0 aromatic heterocycles. The fraction of sp³-hybridized carbons (Fsp3) is 0.444. The lowest BCUT2D eigenvalue weighted by Crippen LogP contribution is -2.00. The lowest BCUT2D eigenvalue weighted by atomic mass is 10.2. The van der Waals surface area contributed by atoms with Crippen LogP contribution < -0.4 is 0 Å². The van der Waals surface area contributed by atoms with E-state index >= 15 is 0 Å². The molecule has 3 heteroatoms. The Bertz CT molecular complexity index is 202. The third-order valence-corrected chi connectivity index (χ3v) is 1.24. The van der Waals surface area contributed by atoms with E-state index in [1.54, 1.807) is 32.1 Å². The van der Waals surface area contributed by atoms with Gasteiger partial charge in [-0.15, -0.1) is 0 Å². The van der Waals surface area contributed by atoms with Crippen LogP contribution in [0.3, 0.4) is 0 Å². The average Bonchev–Trinajstić information content (AvgIpc) is 2.02. The van der Waals surface area contributed by atoms with Crippen molar-refractivity contribution < 1.29 is 14.6 Å². The summed E-state index contributed by atoms with van der Waals surface area (Å²) < 4.78 is 4.47. The van der Waals surface area contributed by atoms with Crippen molar-refractivity contribution in [1.29, 1.82) is 0 Å². The Balaban J connectivity index is 4.09. The molecule has 68 valence electrons. The number of hydrogen-bond acceptors (Lipinski definition) is 3. The van der Waals surface area contributed by atoms with Crippen LogP contribution in [0.15, 0.2) is 23.8 Å². The Hall–Kier alpha value is -1.09. The van der Waals surface area contributed by atoms with Gasteiger partial charge in [-0.05, 0) is 13.8 Å². The predicted octanol–water partition coefficient (Wildman–Crippen LogP) is 1.04. The van der Waals surface area contributed by atoms with E-state index in [0.717, 1.165) is 0 Å². The summed E-state index contributed by atoms with van der Waals surface area (Å²) in [6, 6.07) is 0. The second kappa shape index (κ2) is 5.55. The molecule has 0 aliphatic heterocycles. The summed E-state index contributed by atoms with van der Waals surface area (Å²) in [5, 5.41) is 8.83. The number of ether oxygens (including phenoxy) is 1. The Morgan fingerprint density at radius 3 is 2.58 bits per heavy atom. The van der Waals surface area contributed by atoms with Crippen LogP contribution in [0.2, 0.25) is 0 Å². The second-order valence-corrected chi connectivity index (χ2v) is 2.47. The molecule has 0 radical (unpaired) electrons. The van der Waals surface area contributed by atoms with Crippen LogP contribution in [0.1, 0.15) is 13.8 Å². The molecule has 0 aromatic carbocycles. The van der Waals surface area contributed by atoms with Gasteiger partial charge in [0.25, 0.3) is 0 Å². The van der Waals surface area contributed by atoms with E-state index in [1.807, 2.05) is 0 Å². The van der Waals surface area contributed by atoms with Crippen molar-refractivity contribution >= 4 is 5.97 Å². The van der Waals surface area contributed by atoms with Crippen LogP contribution in [0.5, 0.6) is 0 Å². The summed E-state index contributed by atoms with van der Waals surface area (Å²) in [4.78, 5) is 10.8. The van der Waals surface area contributed by atoms with Crippen LogP contribution in [0.4, 0.5) is 0 Å². The second-order valence-electron chi connectivity index (χ2n) is 2.47. The number of esters is 1. The van der Waals surface area contributed by atoms with E-state index in [9.17, 15) is 4.79 Å². The molecular weight excluding hydrogens is 156 g/mol. The standard InChI is InChI=1S/C9H14O3/c1-7(9(11)12-3)5-4-6-8(2)10/h4-6,8,10H,1-3H3/b6-4+,7-5-. The topological polar surface area (TPSA) is 46.5 Å². The summed E-state index contributed by atoms with van der Waals surface area (Å²) in [6.45, 7) is 3.29. The molecule has 0 saturated heterocycles. The lowest BCUT2D eigenvalue weighted by molar-refractivity contribution is -0.136. The molecule has 1 atom stereocenters. The maximum atomic E-state index is 10.8. The summed E-state index contributed by atoms with van der Waals surface area (Å²) in [5.74, 6) is -0.356. The minimum atomic E-state index is -0.494. The smallest absolute Gasteiger partial charge is 0.333 e. The van der Waals surface area contributed by atoms with Crippen LogP contribution >= 0.6 is 0 Å². The van der Waals surface area contributed by atoms with Crippen molar-refractivity contribution in [2.75, 3.05) is 7.11 Å². The zero-order chi connectivity index (χ0) is 9.56. The number of rotatable bonds is 3. The van der Waals surface area contributed by atoms with E-state index < -0.39 is 6.10 Å². The van der Waals surface area contributed by atoms with Gasteiger partial charge in [0.1, 0.15) is 0 Å². The van der Waals surface area contributed by atoms with Gasteiger partial charge < -0.3 is 9.84 Å². The monoisotopic (exact) mass is 170 g/mol. The molecule has 12 heavy (non-hydrogen) atoms. The van der Waals surface area contributed by atoms with Crippen LogP contribution in [-0.4, -0.2) is 24.3 Å². The Morgan fingerprint density at radius 2 is 2.17 bits per heavy atom. The summed E-state index contributed by atoms with van der Waals surface area (Å²) >= 11 is 0. The first kappa shape index (κ1) is 10.9. The first-order valence-corrected chi connectivity index (χ1v) is 3.69. The predicted molar refractivity (Wildman–Crippen MR) is 46.6 cm³/mol. The fourth-order valence-corrected chi connectivity index (χ4v) is 0.590. The minimum absolute atomic E-state index is 0.356. The molecule has 0 bridgehead atoms. The zero-order valence-electron chi connectivity index (χ0n) is 7.57. The number of aliphatic hydroxyl groups excluding tert-OH is 1. The van der Waals surface area contributed by atoms with Gasteiger partial charge in [-0.3, -0.25) is 0 Å². The minimum Gasteiger partial charge on any atom is -0.466 e. The van der Waals surface area contributed by atoms with Crippen molar-refractivity contribution in [3.8, 4) is 0 Å². The largest absolute Gasteiger partial charge is 0.466 e. The van der Waals surface area contributed by atoms with Crippen LogP contribution in [0, 0.1) is 0 Å². The highest BCUT2D eigenvalue weighted by molar-refractivity contribution is 5.87. The Labute approximate surface area is 72.3 Å². The van der Waals surface area contributed by atoms with Gasteiger partial charge >= 0.3 is 5.97 Å². The van der Waals surface area contributed by atoms with Gasteiger partial charge in [-0.1, -0.05) is 18.2 Å². The highest BCUT2D eigenvalue weighted by Gasteiger charge is 1.99. The van der Waals surface area contributed by atoms with E-state index in [1.165, 1.54) is 7.11 Å². The quantitative estimate of drug-likeness (QED) is 0.391. The number of hydrogen-bond donors (Lipinski definition) is 1. The van der Waals surface area contributed by atoms with Crippen LogP contribution in [0.25, 0.3) is 0 Å². The van der Waals surface area contributed by atoms with Gasteiger partial charge in [-0.2, -0.15) is 0 Å². The van der Waals surface area contributed by atoms with Gasteiger partial charge in [0.15, 0.2) is 0 Å². The van der Waals surface area contributed by atoms with Gasteiger partial charge in [0.05, 0.1) is 13.2 Å². The van der Waals surface area contributed by atoms with Gasteiger partial charge in [0, 0.05) is 5.57 Å². The number of carbonyl (C=O) groups is 1. The molecular formula is C9H14O3. The molecule has 0 spiro atoms. The molecule has 1 N–H and O–H groups in total. The van der Waals surface area contributed by atoms with Crippen molar-refractivity contribution in [3.05, 3.63) is 23.8 Å². The average molecular weight is 170 g/mol. The summed E-state index contributed by atoms with van der Waals surface area (Å²) in [6.07, 6.45) is 4.30. The molecule has 0 amide bonds. The molecule has 0 aliphatic carbocycles. The highest BCUT2D eigenvalue weighted by atomic mass is 16.5. The molecule has 0 saturated carbocycles. The molecule has 0 fully saturated rings. The SMILES string of the molecule is COC(=O)/C(C)=C\C=C\C(C)O. The van der Waals surface area contributed by atoms with Crippen LogP contribution in [-0.2, 0) is 9.53 Å². The van der Waals surface area contributed by atoms with Crippen molar-refractivity contribution in [2.45, 2.75) is 20.0 Å². The van der Waals surface area contributed by atoms with Gasteiger partial charge in [0.2, 0.25) is 0 Å². The maximum Gasteiger partial charge on any atom is 0.333 e. The number of aliphatic hydroxyl groups is 1. The highest BCUT2D eigenvalue weighted by Crippen LogP contribution is 1.96. The number of carbonyl (C=O) groups excluding carboxylic acids is 1. The fourth-order valence-electron chi connectivity index (χ4n) is 0.590. The molecule has 0 aromatic rings. The van der Waals surface area contributed by atoms with E-state index in [2.05, 4.69) is 4.74 Å². The molecule has 0 heterocycles. The van der Waals surface area contributed by atoms with Crippen molar-refractivity contribution in [2.24, 2.45) is 0 Å². The normalized spacial score (nSPS) is 14.8. The summed E-state index contributed by atoms with van der Waals surface area (Å²) in [5.41, 5.74) is 0.509. The van der Waals surface area contributed by atoms with Crippen molar-refractivity contribution in [1.82, 2.24) is 0 Å². The van der Waals surface area contributed by atoms with Gasteiger partial charge in [-0.25, -0.2) is 4.79 Å².